The molecule has 0 saturated heterocycles. The third-order valence-corrected chi connectivity index (χ3v) is 3.07. The summed E-state index contributed by atoms with van der Waals surface area (Å²) in [6.07, 6.45) is 5.33. The number of carboxylic acids is 1. The summed E-state index contributed by atoms with van der Waals surface area (Å²) in [4.78, 5) is 28.6. The van der Waals surface area contributed by atoms with Crippen LogP contribution in [0.15, 0.2) is 23.1 Å². The fourth-order valence-corrected chi connectivity index (χ4v) is 2.16. The van der Waals surface area contributed by atoms with Crippen molar-refractivity contribution in [3.63, 3.8) is 0 Å². The predicted molar refractivity (Wildman–Crippen MR) is 74.5 cm³/mol. The Hall–Kier alpha value is -1.96. The molecule has 106 valence electrons. The molecule has 0 aliphatic heterocycles. The molecule has 2 aromatic heterocycles. The lowest BCUT2D eigenvalue weighted by atomic mass is 10.2. The number of fused-ring (bicyclic) bond motifs is 1. The highest BCUT2D eigenvalue weighted by atomic mass is 79.9. The van der Waals surface area contributed by atoms with Crippen molar-refractivity contribution in [2.45, 2.75) is 13.3 Å². The minimum atomic E-state index is -1.04. The largest absolute Gasteiger partial charge is 0.480 e. The van der Waals surface area contributed by atoms with Gasteiger partial charge in [-0.1, -0.05) is 6.92 Å². The van der Waals surface area contributed by atoms with Gasteiger partial charge in [0.15, 0.2) is 5.65 Å². The van der Waals surface area contributed by atoms with Crippen molar-refractivity contribution in [1.82, 2.24) is 19.5 Å². The van der Waals surface area contributed by atoms with E-state index in [2.05, 4.69) is 26.0 Å². The molecule has 20 heavy (non-hydrogen) atoms. The number of amides is 1. The van der Waals surface area contributed by atoms with Gasteiger partial charge in [0.2, 0.25) is 0 Å². The first kappa shape index (κ1) is 14.4. The molecule has 0 radical (unpaired) electrons. The number of rotatable bonds is 5. The monoisotopic (exact) mass is 340 g/mol. The molecular weight excluding hydrogens is 328 g/mol. The molecule has 0 aliphatic carbocycles. The van der Waals surface area contributed by atoms with E-state index >= 15 is 0 Å². The minimum absolute atomic E-state index is 0.298. The van der Waals surface area contributed by atoms with Crippen LogP contribution in [0.4, 0.5) is 0 Å². The Labute approximate surface area is 123 Å². The van der Waals surface area contributed by atoms with Crippen molar-refractivity contribution in [3.8, 4) is 0 Å². The molecule has 0 spiro atoms. The third kappa shape index (κ3) is 2.96. The molecule has 0 fully saturated rings. The van der Waals surface area contributed by atoms with Gasteiger partial charge in [0, 0.05) is 18.9 Å². The van der Waals surface area contributed by atoms with Crippen LogP contribution in [0.2, 0.25) is 0 Å². The highest BCUT2D eigenvalue weighted by Crippen LogP contribution is 2.14. The second-order valence-corrected chi connectivity index (χ2v) is 5.13. The van der Waals surface area contributed by atoms with Gasteiger partial charge in [0.1, 0.15) is 12.1 Å². The SMILES string of the molecule is CCCN(CC(=O)O)C(=O)c1cnn2cc(Br)cnc12. The number of hydrogen-bond acceptors (Lipinski definition) is 4. The van der Waals surface area contributed by atoms with E-state index in [0.717, 1.165) is 4.47 Å². The van der Waals surface area contributed by atoms with E-state index < -0.39 is 5.97 Å². The third-order valence-electron chi connectivity index (χ3n) is 2.66. The van der Waals surface area contributed by atoms with Crippen molar-refractivity contribution in [2.24, 2.45) is 0 Å². The number of aromatic nitrogens is 3. The number of carbonyl (C=O) groups excluding carboxylic acids is 1. The minimum Gasteiger partial charge on any atom is -0.480 e. The van der Waals surface area contributed by atoms with Crippen LogP contribution in [0.25, 0.3) is 5.65 Å². The van der Waals surface area contributed by atoms with Crippen LogP contribution in [0, 0.1) is 0 Å². The van der Waals surface area contributed by atoms with E-state index in [0.29, 0.717) is 24.2 Å². The maximum Gasteiger partial charge on any atom is 0.323 e. The summed E-state index contributed by atoms with van der Waals surface area (Å²) in [5.41, 5.74) is 0.705. The van der Waals surface area contributed by atoms with Gasteiger partial charge in [0.25, 0.3) is 5.91 Å². The molecule has 0 aliphatic rings. The summed E-state index contributed by atoms with van der Waals surface area (Å²) < 4.78 is 2.21. The topological polar surface area (TPSA) is 87.8 Å². The molecule has 8 heteroatoms. The zero-order valence-corrected chi connectivity index (χ0v) is 12.4. The number of carbonyl (C=O) groups is 2. The summed E-state index contributed by atoms with van der Waals surface area (Å²) in [5.74, 6) is -1.42. The van der Waals surface area contributed by atoms with Gasteiger partial charge in [-0.25, -0.2) is 9.50 Å². The lowest BCUT2D eigenvalue weighted by molar-refractivity contribution is -0.137. The first-order valence-corrected chi connectivity index (χ1v) is 6.82. The molecule has 2 heterocycles. The number of aliphatic carboxylic acids is 1. The van der Waals surface area contributed by atoms with Crippen LogP contribution in [0.1, 0.15) is 23.7 Å². The first-order valence-electron chi connectivity index (χ1n) is 6.03. The number of hydrogen-bond donors (Lipinski definition) is 1. The van der Waals surface area contributed by atoms with Gasteiger partial charge in [-0.2, -0.15) is 5.10 Å². The average Bonchev–Trinajstić information content (AvgIpc) is 2.79. The standard InChI is InChI=1S/C12H13BrN4O3/c1-2-3-16(7-10(18)19)12(20)9-5-15-17-6-8(13)4-14-11(9)17/h4-6H,2-3,7H2,1H3,(H,18,19). The normalized spacial score (nSPS) is 10.7. The van der Waals surface area contributed by atoms with Crippen LogP contribution in [-0.4, -0.2) is 49.6 Å². The van der Waals surface area contributed by atoms with E-state index in [1.54, 1.807) is 12.4 Å². The molecule has 7 nitrogen and oxygen atoms in total. The van der Waals surface area contributed by atoms with E-state index in [-0.39, 0.29) is 12.5 Å². The Morgan fingerprint density at radius 1 is 1.45 bits per heavy atom. The van der Waals surface area contributed by atoms with Crippen molar-refractivity contribution >= 4 is 33.5 Å². The maximum absolute atomic E-state index is 12.4. The highest BCUT2D eigenvalue weighted by Gasteiger charge is 2.22. The molecular formula is C12H13BrN4O3. The van der Waals surface area contributed by atoms with E-state index in [1.165, 1.54) is 15.6 Å². The van der Waals surface area contributed by atoms with Crippen LogP contribution < -0.4 is 0 Å². The molecule has 2 rings (SSSR count). The molecule has 2 aromatic rings. The van der Waals surface area contributed by atoms with Crippen molar-refractivity contribution in [1.29, 1.82) is 0 Å². The molecule has 0 saturated carbocycles. The highest BCUT2D eigenvalue weighted by molar-refractivity contribution is 9.10. The van der Waals surface area contributed by atoms with Gasteiger partial charge in [0.05, 0.1) is 10.7 Å². The van der Waals surface area contributed by atoms with Gasteiger partial charge >= 0.3 is 5.97 Å². The fraction of sp³-hybridized carbons (Fsp3) is 0.333. The molecule has 0 atom stereocenters. The Bertz CT molecular complexity index is 655. The summed E-state index contributed by atoms with van der Waals surface area (Å²) >= 11 is 3.27. The van der Waals surface area contributed by atoms with Gasteiger partial charge in [-0.15, -0.1) is 0 Å². The van der Waals surface area contributed by atoms with Crippen LogP contribution in [-0.2, 0) is 4.79 Å². The Kier molecular flexibility index (Phi) is 4.33. The summed E-state index contributed by atoms with van der Waals surface area (Å²) in [5, 5.41) is 12.9. The molecule has 0 aromatic carbocycles. The van der Waals surface area contributed by atoms with E-state index in [1.807, 2.05) is 6.92 Å². The van der Waals surface area contributed by atoms with E-state index in [4.69, 9.17) is 5.11 Å². The summed E-state index contributed by atoms with van der Waals surface area (Å²) in [6, 6.07) is 0. The molecule has 0 bridgehead atoms. The Morgan fingerprint density at radius 3 is 2.85 bits per heavy atom. The second kappa shape index (κ2) is 6.00. The van der Waals surface area contributed by atoms with Crippen LogP contribution in [0.5, 0.6) is 0 Å². The number of halogens is 1. The zero-order valence-electron chi connectivity index (χ0n) is 10.8. The van der Waals surface area contributed by atoms with Crippen molar-refractivity contribution in [3.05, 3.63) is 28.6 Å². The lowest BCUT2D eigenvalue weighted by Gasteiger charge is -2.19. The first-order chi connectivity index (χ1) is 9.52. The molecule has 1 N–H and O–H groups in total. The number of carboxylic acid groups (broad SMARTS) is 1. The summed E-state index contributed by atoms with van der Waals surface area (Å²) in [6.45, 7) is 1.92. The lowest BCUT2D eigenvalue weighted by Crippen LogP contribution is -2.36. The second-order valence-electron chi connectivity index (χ2n) is 4.22. The number of nitrogens with zero attached hydrogens (tertiary/aromatic N) is 4. The van der Waals surface area contributed by atoms with Crippen LogP contribution >= 0.6 is 15.9 Å². The Balaban J connectivity index is 2.35. The van der Waals surface area contributed by atoms with Crippen LogP contribution in [0.3, 0.4) is 0 Å². The molecule has 1 amide bonds. The zero-order chi connectivity index (χ0) is 14.7. The van der Waals surface area contributed by atoms with Crippen molar-refractivity contribution < 1.29 is 14.7 Å². The maximum atomic E-state index is 12.4. The summed E-state index contributed by atoms with van der Waals surface area (Å²) in [7, 11) is 0. The molecule has 0 unspecified atom stereocenters. The quantitative estimate of drug-likeness (QED) is 0.889. The Morgan fingerprint density at radius 2 is 2.20 bits per heavy atom. The van der Waals surface area contributed by atoms with Crippen molar-refractivity contribution in [2.75, 3.05) is 13.1 Å². The van der Waals surface area contributed by atoms with Gasteiger partial charge < -0.3 is 10.0 Å². The predicted octanol–water partition coefficient (Wildman–Crippen LogP) is 1.43. The van der Waals surface area contributed by atoms with E-state index in [9.17, 15) is 9.59 Å². The smallest absolute Gasteiger partial charge is 0.323 e. The average molecular weight is 341 g/mol. The van der Waals surface area contributed by atoms with Gasteiger partial charge in [-0.05, 0) is 22.4 Å². The fourth-order valence-electron chi connectivity index (χ4n) is 1.86. The van der Waals surface area contributed by atoms with Gasteiger partial charge in [-0.3, -0.25) is 9.59 Å².